The van der Waals surface area contributed by atoms with Crippen LogP contribution in [0.1, 0.15) is 37.8 Å². The number of rotatable bonds is 3. The monoisotopic (exact) mass is 218 g/mol. The van der Waals surface area contributed by atoms with Gasteiger partial charge in [-0.05, 0) is 49.9 Å². The minimum absolute atomic E-state index is 0.458. The molecule has 16 heavy (non-hydrogen) atoms. The summed E-state index contributed by atoms with van der Waals surface area (Å²) in [4.78, 5) is 2.49. The molecule has 0 saturated heterocycles. The fraction of sp³-hybridized carbons (Fsp3) is 0.571. The molecule has 0 saturated carbocycles. The van der Waals surface area contributed by atoms with Gasteiger partial charge in [0, 0.05) is 18.3 Å². The van der Waals surface area contributed by atoms with Crippen LogP contribution in [-0.4, -0.2) is 19.1 Å². The van der Waals surface area contributed by atoms with Gasteiger partial charge < -0.3 is 10.6 Å². The number of fused-ring (bicyclic) bond motifs is 1. The third-order valence-electron chi connectivity index (χ3n) is 3.59. The molecule has 1 aliphatic rings. The predicted octanol–water partition coefficient (Wildman–Crippen LogP) is 2.52. The zero-order valence-electron chi connectivity index (χ0n) is 10.5. The van der Waals surface area contributed by atoms with E-state index in [9.17, 15) is 0 Å². The first-order valence-electron chi connectivity index (χ1n) is 6.23. The van der Waals surface area contributed by atoms with Crippen molar-refractivity contribution in [2.75, 3.05) is 18.0 Å². The molecule has 2 N–H and O–H groups in total. The molecule has 1 aromatic rings. The van der Waals surface area contributed by atoms with E-state index in [1.54, 1.807) is 0 Å². The molecule has 0 aromatic heterocycles. The minimum atomic E-state index is 0.458. The average molecular weight is 218 g/mol. The molecule has 2 rings (SSSR count). The van der Waals surface area contributed by atoms with Crippen molar-refractivity contribution >= 4 is 5.69 Å². The highest BCUT2D eigenvalue weighted by molar-refractivity contribution is 5.60. The quantitative estimate of drug-likeness (QED) is 0.844. The Labute approximate surface area is 98.4 Å². The second-order valence-electron chi connectivity index (χ2n) is 5.06. The zero-order valence-corrected chi connectivity index (χ0v) is 10.5. The first kappa shape index (κ1) is 11.5. The second-order valence-corrected chi connectivity index (χ2v) is 5.06. The summed E-state index contributed by atoms with van der Waals surface area (Å²) < 4.78 is 0. The van der Waals surface area contributed by atoms with E-state index in [4.69, 9.17) is 5.73 Å². The molecule has 1 atom stereocenters. The molecule has 1 aliphatic heterocycles. The van der Waals surface area contributed by atoms with Gasteiger partial charge >= 0.3 is 0 Å². The molecule has 0 bridgehead atoms. The van der Waals surface area contributed by atoms with Gasteiger partial charge in [0.05, 0.1) is 0 Å². The van der Waals surface area contributed by atoms with Gasteiger partial charge in [0.25, 0.3) is 0 Å². The summed E-state index contributed by atoms with van der Waals surface area (Å²) in [6.07, 6.45) is 1.19. The molecule has 1 heterocycles. The Bertz CT molecular complexity index is 371. The third-order valence-corrected chi connectivity index (χ3v) is 3.59. The summed E-state index contributed by atoms with van der Waals surface area (Å²) in [7, 11) is 0. The number of nitrogens with two attached hydrogens (primary N) is 1. The van der Waals surface area contributed by atoms with Crippen LogP contribution in [0, 0.1) is 0 Å². The summed E-state index contributed by atoms with van der Waals surface area (Å²) in [6, 6.07) is 7.43. The van der Waals surface area contributed by atoms with E-state index in [2.05, 4.69) is 43.9 Å². The van der Waals surface area contributed by atoms with E-state index >= 15 is 0 Å². The van der Waals surface area contributed by atoms with Gasteiger partial charge in [-0.2, -0.15) is 0 Å². The lowest BCUT2D eigenvalue weighted by atomic mass is 9.99. The van der Waals surface area contributed by atoms with E-state index < -0.39 is 0 Å². The van der Waals surface area contributed by atoms with Crippen LogP contribution in [0.2, 0.25) is 0 Å². The number of nitrogens with zero attached hydrogens (tertiary/aromatic N) is 1. The summed E-state index contributed by atoms with van der Waals surface area (Å²) in [5.41, 5.74) is 10.0. The molecule has 0 amide bonds. The lowest BCUT2D eigenvalue weighted by Crippen LogP contribution is -2.28. The predicted molar refractivity (Wildman–Crippen MR) is 70.1 cm³/mol. The molecule has 0 radical (unpaired) electrons. The molecule has 2 heteroatoms. The molecule has 0 aliphatic carbocycles. The smallest absolute Gasteiger partial charge is 0.0404 e. The van der Waals surface area contributed by atoms with Gasteiger partial charge in [-0.1, -0.05) is 19.1 Å². The van der Waals surface area contributed by atoms with E-state index in [0.717, 1.165) is 13.1 Å². The molecule has 2 nitrogen and oxygen atoms in total. The zero-order chi connectivity index (χ0) is 11.7. The maximum absolute atomic E-state index is 5.73. The highest BCUT2D eigenvalue weighted by Gasteiger charge is 2.21. The Morgan fingerprint density at radius 3 is 2.69 bits per heavy atom. The Morgan fingerprint density at radius 2 is 2.06 bits per heavy atom. The van der Waals surface area contributed by atoms with E-state index in [-0.39, 0.29) is 0 Å². The molecule has 88 valence electrons. The van der Waals surface area contributed by atoms with Crippen molar-refractivity contribution in [3.8, 4) is 0 Å². The van der Waals surface area contributed by atoms with Crippen LogP contribution in [0.4, 0.5) is 5.69 Å². The first-order chi connectivity index (χ1) is 7.63. The summed E-state index contributed by atoms with van der Waals surface area (Å²) in [5, 5.41) is 0. The summed E-state index contributed by atoms with van der Waals surface area (Å²) in [6.45, 7) is 8.59. The summed E-state index contributed by atoms with van der Waals surface area (Å²) >= 11 is 0. The van der Waals surface area contributed by atoms with E-state index in [1.807, 2.05) is 0 Å². The van der Waals surface area contributed by atoms with Crippen LogP contribution in [0.25, 0.3) is 0 Å². The van der Waals surface area contributed by atoms with Crippen molar-refractivity contribution in [1.29, 1.82) is 0 Å². The van der Waals surface area contributed by atoms with Crippen molar-refractivity contribution in [3.63, 3.8) is 0 Å². The topological polar surface area (TPSA) is 29.3 Å². The number of hydrogen-bond acceptors (Lipinski definition) is 2. The van der Waals surface area contributed by atoms with Crippen molar-refractivity contribution in [2.24, 2.45) is 5.73 Å². The van der Waals surface area contributed by atoms with Crippen LogP contribution in [0.3, 0.4) is 0 Å². The van der Waals surface area contributed by atoms with E-state index in [1.165, 1.54) is 23.2 Å². The Morgan fingerprint density at radius 1 is 1.31 bits per heavy atom. The minimum Gasteiger partial charge on any atom is -0.369 e. The van der Waals surface area contributed by atoms with E-state index in [0.29, 0.717) is 12.0 Å². The standard InChI is InChI=1S/C14H22N2/c1-10(2)16-7-6-12-4-5-13(8-14(12)16)11(3)9-15/h4-5,8,10-11H,6-7,9,15H2,1-3H3. The van der Waals surface area contributed by atoms with Crippen LogP contribution < -0.4 is 10.6 Å². The number of anilines is 1. The van der Waals surface area contributed by atoms with Crippen LogP contribution >= 0.6 is 0 Å². The maximum Gasteiger partial charge on any atom is 0.0404 e. The molecular weight excluding hydrogens is 196 g/mol. The van der Waals surface area contributed by atoms with Gasteiger partial charge in [-0.15, -0.1) is 0 Å². The van der Waals surface area contributed by atoms with Gasteiger partial charge in [0.1, 0.15) is 0 Å². The highest BCUT2D eigenvalue weighted by atomic mass is 15.2. The largest absolute Gasteiger partial charge is 0.369 e. The summed E-state index contributed by atoms with van der Waals surface area (Å²) in [5.74, 6) is 0.458. The molecule has 0 fully saturated rings. The van der Waals surface area contributed by atoms with Crippen LogP contribution in [0.15, 0.2) is 18.2 Å². The van der Waals surface area contributed by atoms with Gasteiger partial charge in [0.15, 0.2) is 0 Å². The van der Waals surface area contributed by atoms with Gasteiger partial charge in [-0.3, -0.25) is 0 Å². The fourth-order valence-corrected chi connectivity index (χ4v) is 2.40. The lowest BCUT2D eigenvalue weighted by molar-refractivity contribution is 0.708. The van der Waals surface area contributed by atoms with Crippen LogP contribution in [-0.2, 0) is 6.42 Å². The first-order valence-corrected chi connectivity index (χ1v) is 6.23. The fourth-order valence-electron chi connectivity index (χ4n) is 2.40. The average Bonchev–Trinajstić information content (AvgIpc) is 2.70. The lowest BCUT2D eigenvalue weighted by Gasteiger charge is -2.25. The van der Waals surface area contributed by atoms with Crippen molar-refractivity contribution in [3.05, 3.63) is 29.3 Å². The Hall–Kier alpha value is -1.02. The van der Waals surface area contributed by atoms with Crippen molar-refractivity contribution in [2.45, 2.75) is 39.2 Å². The third kappa shape index (κ3) is 1.94. The molecule has 1 unspecified atom stereocenters. The molecule has 1 aromatic carbocycles. The second kappa shape index (κ2) is 4.46. The number of benzene rings is 1. The van der Waals surface area contributed by atoms with Crippen molar-refractivity contribution in [1.82, 2.24) is 0 Å². The number of hydrogen-bond donors (Lipinski definition) is 1. The normalized spacial score (nSPS) is 16.7. The van der Waals surface area contributed by atoms with Gasteiger partial charge in [0.2, 0.25) is 0 Å². The Kier molecular flexibility index (Phi) is 3.20. The highest BCUT2D eigenvalue weighted by Crippen LogP contribution is 2.32. The SMILES string of the molecule is CC(CN)c1ccc2c(c1)N(C(C)C)CC2. The molecular formula is C14H22N2. The van der Waals surface area contributed by atoms with Crippen LogP contribution in [0.5, 0.6) is 0 Å². The van der Waals surface area contributed by atoms with Gasteiger partial charge in [-0.25, -0.2) is 0 Å². The Balaban J connectivity index is 2.33. The maximum atomic E-state index is 5.73. The van der Waals surface area contributed by atoms with Crippen molar-refractivity contribution < 1.29 is 0 Å². The molecule has 0 spiro atoms.